The summed E-state index contributed by atoms with van der Waals surface area (Å²) in [4.78, 5) is 38.3. The van der Waals surface area contributed by atoms with Crippen molar-refractivity contribution >= 4 is 11.7 Å². The highest BCUT2D eigenvalue weighted by atomic mass is 16.5. The smallest absolute Gasteiger partial charge is 0.350 e. The first-order valence-corrected chi connectivity index (χ1v) is 14.0. The van der Waals surface area contributed by atoms with Crippen molar-refractivity contribution in [3.8, 4) is 28.6 Å². The predicted molar refractivity (Wildman–Crippen MR) is 171 cm³/mol. The number of methoxy groups -OCH3 is 3. The number of ether oxygens (including phenoxy) is 3. The Morgan fingerprint density at radius 1 is 0.578 bits per heavy atom. The van der Waals surface area contributed by atoms with E-state index in [1.807, 2.05) is 67.7 Å². The number of hydrogen-bond acceptors (Lipinski definition) is 7. The molecule has 0 radical (unpaired) electrons. The molecule has 13 nitrogen and oxygen atoms in total. The molecule has 0 spiro atoms. The second-order valence-corrected chi connectivity index (χ2v) is 9.92. The first-order valence-electron chi connectivity index (χ1n) is 14.0. The predicted octanol–water partition coefficient (Wildman–Crippen LogP) is 3.33. The second kappa shape index (κ2) is 14.6. The molecule has 13 heteroatoms. The number of urea groups is 1. The molecule has 1 fully saturated rings. The maximum Gasteiger partial charge on any atom is 0.350 e. The Hall–Kier alpha value is -5.72. The fourth-order valence-corrected chi connectivity index (χ4v) is 4.36. The second-order valence-electron chi connectivity index (χ2n) is 9.92. The molecule has 6 rings (SSSR count). The van der Waals surface area contributed by atoms with Crippen molar-refractivity contribution in [2.45, 2.75) is 0 Å². The van der Waals surface area contributed by atoms with Crippen LogP contribution in [0.15, 0.2) is 101 Å². The van der Waals surface area contributed by atoms with Gasteiger partial charge >= 0.3 is 17.4 Å². The molecule has 0 N–H and O–H groups in total. The Morgan fingerprint density at radius 2 is 1.04 bits per heavy atom. The molecule has 236 valence electrons. The number of nitrogens with zero attached hydrogens (tertiary/aromatic N) is 7. The van der Waals surface area contributed by atoms with Crippen LogP contribution in [0.2, 0.25) is 0 Å². The number of aryl methyl sites for hydroxylation is 2. The molecule has 1 aliphatic heterocycles. The minimum Gasteiger partial charge on any atom is -0.497 e. The molecule has 0 unspecified atom stereocenters. The average Bonchev–Trinajstić information content (AvgIpc) is 3.72. The molecule has 0 bridgehead atoms. The summed E-state index contributed by atoms with van der Waals surface area (Å²) in [5.74, 6) is 2.34. The topological polar surface area (TPSA) is 118 Å². The standard InChI is InChI=1S/C11H14N2O2.C11H12N2O2.C10H11N3O2/c2*1-12-7-8-13(11(12)14)9-3-5-10(15-2)6-4-9;1-12-10(14)13(7-11-12)8-3-5-9(15-2)6-4-8/h3-6H,7-8H2,1-2H3;3-8H,1-2H3;3-7H,1-2H3. The normalized spacial score (nSPS) is 12.2. The highest BCUT2D eigenvalue weighted by Gasteiger charge is 2.26. The zero-order valence-corrected chi connectivity index (χ0v) is 26.2. The van der Waals surface area contributed by atoms with Gasteiger partial charge in [0.1, 0.15) is 23.6 Å². The zero-order valence-electron chi connectivity index (χ0n) is 26.2. The summed E-state index contributed by atoms with van der Waals surface area (Å²) in [6.45, 7) is 1.53. The van der Waals surface area contributed by atoms with Crippen LogP contribution < -0.4 is 30.5 Å². The fourth-order valence-electron chi connectivity index (χ4n) is 4.36. The summed E-state index contributed by atoms with van der Waals surface area (Å²) < 4.78 is 21.0. The minimum atomic E-state index is -0.167. The van der Waals surface area contributed by atoms with Gasteiger partial charge in [0.25, 0.3) is 0 Å². The van der Waals surface area contributed by atoms with Crippen LogP contribution in [0.3, 0.4) is 0 Å². The molecule has 0 atom stereocenters. The maximum absolute atomic E-state index is 11.7. The van der Waals surface area contributed by atoms with Gasteiger partial charge in [-0.2, -0.15) is 5.10 Å². The number of hydrogen-bond donors (Lipinski definition) is 0. The lowest BCUT2D eigenvalue weighted by molar-refractivity contribution is 0.229. The molecule has 0 aliphatic carbocycles. The van der Waals surface area contributed by atoms with E-state index >= 15 is 0 Å². The number of carbonyl (C=O) groups is 1. The van der Waals surface area contributed by atoms with Gasteiger partial charge in [-0.05, 0) is 72.8 Å². The molecule has 1 saturated heterocycles. The molecule has 1 aliphatic rings. The van der Waals surface area contributed by atoms with Crippen LogP contribution in [0.25, 0.3) is 11.4 Å². The minimum absolute atomic E-state index is 0.0554. The first-order chi connectivity index (χ1) is 21.7. The fraction of sp³-hybridized carbons (Fsp3) is 0.250. The molecule has 2 aromatic heterocycles. The zero-order chi connectivity index (χ0) is 32.5. The van der Waals surface area contributed by atoms with E-state index in [1.165, 1.54) is 20.1 Å². The molecule has 0 saturated carbocycles. The number of benzene rings is 3. The Morgan fingerprint density at radius 3 is 1.40 bits per heavy atom. The van der Waals surface area contributed by atoms with Crippen molar-refractivity contribution in [1.29, 1.82) is 0 Å². The molecule has 3 aromatic carbocycles. The number of aromatic nitrogens is 5. The SMILES string of the molecule is COc1ccc(-n2ccn(C)c2=O)cc1.COc1ccc(-n2cnn(C)c2=O)cc1.COc1ccc(N2CCN(C)C2=O)cc1. The highest BCUT2D eigenvalue weighted by Crippen LogP contribution is 2.22. The Balaban J connectivity index is 0.000000154. The van der Waals surface area contributed by atoms with Crippen LogP contribution in [-0.2, 0) is 14.1 Å². The van der Waals surface area contributed by atoms with Gasteiger partial charge in [0, 0.05) is 52.3 Å². The number of imidazole rings is 1. The summed E-state index contributed by atoms with van der Waals surface area (Å²) in [5, 5.41) is 3.87. The van der Waals surface area contributed by atoms with Gasteiger partial charge in [-0.15, -0.1) is 0 Å². The van der Waals surface area contributed by atoms with Crippen LogP contribution in [0.1, 0.15) is 0 Å². The highest BCUT2D eigenvalue weighted by molar-refractivity contribution is 5.93. The lowest BCUT2D eigenvalue weighted by Crippen LogP contribution is -2.28. The summed E-state index contributed by atoms with van der Waals surface area (Å²) in [7, 11) is 10.00. The van der Waals surface area contributed by atoms with Crippen molar-refractivity contribution < 1.29 is 19.0 Å². The van der Waals surface area contributed by atoms with Gasteiger partial charge in [0.2, 0.25) is 0 Å². The van der Waals surface area contributed by atoms with E-state index in [0.29, 0.717) is 0 Å². The lowest BCUT2D eigenvalue weighted by atomic mass is 10.3. The van der Waals surface area contributed by atoms with E-state index in [9.17, 15) is 14.4 Å². The van der Waals surface area contributed by atoms with Crippen LogP contribution in [0, 0.1) is 0 Å². The van der Waals surface area contributed by atoms with Gasteiger partial charge in [-0.3, -0.25) is 9.47 Å². The number of anilines is 1. The summed E-state index contributed by atoms with van der Waals surface area (Å²) in [6, 6.07) is 22.1. The van der Waals surface area contributed by atoms with E-state index in [-0.39, 0.29) is 17.4 Å². The largest absolute Gasteiger partial charge is 0.497 e. The van der Waals surface area contributed by atoms with Crippen LogP contribution in [0.5, 0.6) is 17.2 Å². The van der Waals surface area contributed by atoms with E-state index in [4.69, 9.17) is 14.2 Å². The van der Waals surface area contributed by atoms with Gasteiger partial charge in [0.15, 0.2) is 0 Å². The van der Waals surface area contributed by atoms with Crippen molar-refractivity contribution in [2.24, 2.45) is 14.1 Å². The quantitative estimate of drug-likeness (QED) is 0.288. The monoisotopic (exact) mass is 615 g/mol. The summed E-state index contributed by atoms with van der Waals surface area (Å²) in [6.07, 6.45) is 4.96. The molecular formula is C32H37N7O6. The van der Waals surface area contributed by atoms with Crippen LogP contribution >= 0.6 is 0 Å². The van der Waals surface area contributed by atoms with E-state index in [2.05, 4.69) is 5.10 Å². The summed E-state index contributed by atoms with van der Waals surface area (Å²) >= 11 is 0. The maximum atomic E-state index is 11.7. The van der Waals surface area contributed by atoms with Crippen molar-refractivity contribution in [1.82, 2.24) is 28.4 Å². The molecule has 5 aromatic rings. The van der Waals surface area contributed by atoms with Gasteiger partial charge in [0.05, 0.1) is 32.7 Å². The van der Waals surface area contributed by atoms with Crippen molar-refractivity contribution in [2.75, 3.05) is 46.4 Å². The van der Waals surface area contributed by atoms with Gasteiger partial charge in [-0.25, -0.2) is 23.6 Å². The third kappa shape index (κ3) is 7.63. The van der Waals surface area contributed by atoms with E-state index in [1.54, 1.807) is 74.3 Å². The van der Waals surface area contributed by atoms with Crippen LogP contribution in [-0.4, -0.2) is 75.9 Å². The van der Waals surface area contributed by atoms with E-state index < -0.39 is 0 Å². The number of likely N-dealkylation sites (N-methyl/N-ethyl adjacent to an activating group) is 1. The van der Waals surface area contributed by atoms with Gasteiger partial charge in [-0.1, -0.05) is 0 Å². The Labute approximate surface area is 260 Å². The number of amides is 2. The molecular weight excluding hydrogens is 578 g/mol. The molecule has 45 heavy (non-hydrogen) atoms. The van der Waals surface area contributed by atoms with E-state index in [0.717, 1.165) is 47.4 Å². The molecule has 3 heterocycles. The van der Waals surface area contributed by atoms with Crippen molar-refractivity contribution in [3.63, 3.8) is 0 Å². The third-order valence-corrected chi connectivity index (χ3v) is 7.07. The van der Waals surface area contributed by atoms with Crippen molar-refractivity contribution in [3.05, 3.63) is 112 Å². The molecule has 2 amide bonds. The third-order valence-electron chi connectivity index (χ3n) is 7.07. The lowest BCUT2D eigenvalue weighted by Gasteiger charge is -2.16. The summed E-state index contributed by atoms with van der Waals surface area (Å²) in [5.41, 5.74) is 2.31. The average molecular weight is 616 g/mol. The van der Waals surface area contributed by atoms with Gasteiger partial charge < -0.3 is 23.7 Å². The van der Waals surface area contributed by atoms with Crippen LogP contribution in [0.4, 0.5) is 10.5 Å². The number of rotatable bonds is 6. The Kier molecular flexibility index (Phi) is 10.5. The first kappa shape index (κ1) is 32.2. The number of carbonyl (C=O) groups excluding carboxylic acids is 1. The Bertz CT molecular complexity index is 1710.